The summed E-state index contributed by atoms with van der Waals surface area (Å²) in [6, 6.07) is 5.35. The lowest BCUT2D eigenvalue weighted by Crippen LogP contribution is -2.53. The molecule has 2 aliphatic rings. The van der Waals surface area contributed by atoms with Crippen LogP contribution >= 0.6 is 24.0 Å². The smallest absolute Gasteiger partial charge is 0.219 e. The number of benzene rings is 1. The molecular formula is C20H31FIN5O2. The zero-order valence-electron chi connectivity index (χ0n) is 17.2. The molecule has 0 bridgehead atoms. The zero-order valence-corrected chi connectivity index (χ0v) is 19.5. The quantitative estimate of drug-likeness (QED) is 0.375. The second-order valence-electron chi connectivity index (χ2n) is 7.05. The molecule has 29 heavy (non-hydrogen) atoms. The fourth-order valence-electron chi connectivity index (χ4n) is 3.53. The number of rotatable bonds is 4. The summed E-state index contributed by atoms with van der Waals surface area (Å²) in [4.78, 5) is 22.2. The first-order valence-corrected chi connectivity index (χ1v) is 9.98. The van der Waals surface area contributed by atoms with Crippen molar-refractivity contribution in [1.29, 1.82) is 0 Å². The van der Waals surface area contributed by atoms with Gasteiger partial charge in [0.1, 0.15) is 5.82 Å². The van der Waals surface area contributed by atoms with Crippen LogP contribution in [0.15, 0.2) is 23.2 Å². The Morgan fingerprint density at radius 1 is 1.14 bits per heavy atom. The van der Waals surface area contributed by atoms with E-state index in [9.17, 15) is 9.18 Å². The molecule has 2 aliphatic heterocycles. The number of morpholine rings is 1. The normalized spacial score (nSPS) is 17.8. The van der Waals surface area contributed by atoms with Crippen LogP contribution in [0.2, 0.25) is 0 Å². The number of halogens is 2. The molecule has 1 amide bonds. The maximum atomic E-state index is 14.6. The minimum absolute atomic E-state index is 0. The number of nitrogens with one attached hydrogen (secondary N) is 1. The number of piperazine rings is 1. The molecule has 7 nitrogen and oxygen atoms in total. The lowest BCUT2D eigenvalue weighted by Gasteiger charge is -2.36. The number of ether oxygens (including phenoxy) is 1. The first kappa shape index (κ1) is 23.7. The van der Waals surface area contributed by atoms with Gasteiger partial charge in [-0.15, -0.1) is 24.0 Å². The topological polar surface area (TPSA) is 60.4 Å². The van der Waals surface area contributed by atoms with Gasteiger partial charge in [0.25, 0.3) is 0 Å². The van der Waals surface area contributed by atoms with Crippen molar-refractivity contribution < 1.29 is 13.9 Å². The molecule has 0 radical (unpaired) electrons. The van der Waals surface area contributed by atoms with E-state index in [1.165, 1.54) is 0 Å². The van der Waals surface area contributed by atoms with Crippen LogP contribution in [0, 0.1) is 5.82 Å². The predicted molar refractivity (Wildman–Crippen MR) is 123 cm³/mol. The lowest BCUT2D eigenvalue weighted by molar-refractivity contribution is -0.130. The molecule has 0 spiro atoms. The molecule has 0 saturated carbocycles. The van der Waals surface area contributed by atoms with Gasteiger partial charge in [0.15, 0.2) is 5.96 Å². The minimum atomic E-state index is -0.213. The summed E-state index contributed by atoms with van der Waals surface area (Å²) in [5.74, 6) is 0.704. The molecule has 162 valence electrons. The van der Waals surface area contributed by atoms with E-state index in [-0.39, 0.29) is 35.7 Å². The van der Waals surface area contributed by atoms with E-state index in [2.05, 4.69) is 15.2 Å². The summed E-state index contributed by atoms with van der Waals surface area (Å²) in [7, 11) is 0. The van der Waals surface area contributed by atoms with E-state index in [1.807, 2.05) is 28.9 Å². The van der Waals surface area contributed by atoms with E-state index in [0.717, 1.165) is 31.2 Å². The van der Waals surface area contributed by atoms with E-state index < -0.39 is 0 Å². The molecule has 2 saturated heterocycles. The molecule has 0 aliphatic carbocycles. The molecule has 2 heterocycles. The molecule has 1 aromatic rings. The number of guanidine groups is 1. The van der Waals surface area contributed by atoms with Gasteiger partial charge in [0.05, 0.1) is 25.4 Å². The first-order valence-electron chi connectivity index (χ1n) is 9.98. The average Bonchev–Trinajstić information content (AvgIpc) is 2.72. The van der Waals surface area contributed by atoms with Crippen LogP contribution in [0.5, 0.6) is 0 Å². The van der Waals surface area contributed by atoms with Crippen LogP contribution in [0.4, 0.5) is 10.1 Å². The van der Waals surface area contributed by atoms with Crippen LogP contribution in [0.1, 0.15) is 19.4 Å². The van der Waals surface area contributed by atoms with Crippen molar-refractivity contribution in [3.8, 4) is 0 Å². The average molecular weight is 519 g/mol. The van der Waals surface area contributed by atoms with Gasteiger partial charge in [0.2, 0.25) is 5.91 Å². The van der Waals surface area contributed by atoms with Crippen molar-refractivity contribution in [2.45, 2.75) is 20.4 Å². The number of anilines is 1. The molecule has 3 rings (SSSR count). The number of carbonyl (C=O) groups excluding carboxylic acids is 1. The number of amides is 1. The standard InChI is InChI=1S/C20H30FN5O2.HI/c1-3-22-20(26-8-6-24(7-9-26)16(2)27)23-15-17-4-5-19(18(21)14-17)25-10-12-28-13-11-25;/h4-5,14H,3,6-13,15H2,1-2H3,(H,22,23);1H. The highest BCUT2D eigenvalue weighted by Gasteiger charge is 2.21. The van der Waals surface area contributed by atoms with E-state index in [0.29, 0.717) is 51.6 Å². The summed E-state index contributed by atoms with van der Waals surface area (Å²) in [6.07, 6.45) is 0. The Labute approximate surface area is 189 Å². The maximum Gasteiger partial charge on any atom is 0.219 e. The summed E-state index contributed by atoms with van der Waals surface area (Å²) < 4.78 is 19.9. The molecule has 0 atom stereocenters. The van der Waals surface area contributed by atoms with E-state index in [1.54, 1.807) is 13.0 Å². The molecule has 1 aromatic carbocycles. The molecule has 9 heteroatoms. The van der Waals surface area contributed by atoms with Gasteiger partial charge >= 0.3 is 0 Å². The zero-order chi connectivity index (χ0) is 19.9. The third kappa shape index (κ3) is 6.43. The lowest BCUT2D eigenvalue weighted by atomic mass is 10.1. The summed E-state index contributed by atoms with van der Waals surface area (Å²) >= 11 is 0. The van der Waals surface area contributed by atoms with Gasteiger partial charge in [-0.3, -0.25) is 4.79 Å². The van der Waals surface area contributed by atoms with Crippen molar-refractivity contribution in [2.24, 2.45) is 4.99 Å². The minimum Gasteiger partial charge on any atom is -0.378 e. The molecule has 1 N–H and O–H groups in total. The summed E-state index contributed by atoms with van der Waals surface area (Å²) in [5, 5.41) is 3.30. The second kappa shape index (κ2) is 11.5. The molecule has 2 fully saturated rings. The third-order valence-corrected chi connectivity index (χ3v) is 5.13. The van der Waals surface area contributed by atoms with Crippen molar-refractivity contribution in [2.75, 3.05) is 63.9 Å². The Kier molecular flexibility index (Phi) is 9.41. The Morgan fingerprint density at radius 3 is 2.38 bits per heavy atom. The molecular weight excluding hydrogens is 488 g/mol. The highest BCUT2D eigenvalue weighted by molar-refractivity contribution is 14.0. The number of hydrogen-bond donors (Lipinski definition) is 1. The second-order valence-corrected chi connectivity index (χ2v) is 7.05. The monoisotopic (exact) mass is 519 g/mol. The van der Waals surface area contributed by atoms with Gasteiger partial charge in [-0.05, 0) is 24.6 Å². The van der Waals surface area contributed by atoms with E-state index >= 15 is 0 Å². The Hall–Kier alpha value is -1.62. The van der Waals surface area contributed by atoms with Crippen LogP contribution in [0.25, 0.3) is 0 Å². The van der Waals surface area contributed by atoms with Crippen LogP contribution in [-0.2, 0) is 16.1 Å². The van der Waals surface area contributed by atoms with Gasteiger partial charge in [-0.2, -0.15) is 0 Å². The number of nitrogens with zero attached hydrogens (tertiary/aromatic N) is 4. The highest BCUT2D eigenvalue weighted by atomic mass is 127. The van der Waals surface area contributed by atoms with Crippen molar-refractivity contribution in [1.82, 2.24) is 15.1 Å². The van der Waals surface area contributed by atoms with E-state index in [4.69, 9.17) is 4.74 Å². The maximum absolute atomic E-state index is 14.6. The number of carbonyl (C=O) groups is 1. The Balaban J connectivity index is 0.00000300. The van der Waals surface area contributed by atoms with Crippen LogP contribution < -0.4 is 10.2 Å². The van der Waals surface area contributed by atoms with Crippen molar-refractivity contribution >= 4 is 41.5 Å². The fourth-order valence-corrected chi connectivity index (χ4v) is 3.53. The number of hydrogen-bond acceptors (Lipinski definition) is 4. The van der Waals surface area contributed by atoms with Crippen LogP contribution in [-0.4, -0.2) is 80.7 Å². The summed E-state index contributed by atoms with van der Waals surface area (Å²) in [5.41, 5.74) is 1.47. The predicted octanol–water partition coefficient (Wildman–Crippen LogP) is 1.91. The summed E-state index contributed by atoms with van der Waals surface area (Å²) in [6.45, 7) is 10.4. The van der Waals surface area contributed by atoms with Gasteiger partial charge in [-0.1, -0.05) is 6.07 Å². The van der Waals surface area contributed by atoms with Gasteiger partial charge in [0, 0.05) is 52.7 Å². The van der Waals surface area contributed by atoms with Gasteiger partial charge < -0.3 is 24.8 Å². The Bertz CT molecular complexity index is 704. The third-order valence-electron chi connectivity index (χ3n) is 5.13. The number of aliphatic imine (C=N–C) groups is 1. The molecule has 0 unspecified atom stereocenters. The largest absolute Gasteiger partial charge is 0.378 e. The highest BCUT2D eigenvalue weighted by Crippen LogP contribution is 2.22. The van der Waals surface area contributed by atoms with Crippen molar-refractivity contribution in [3.05, 3.63) is 29.6 Å². The first-order chi connectivity index (χ1) is 13.6. The van der Waals surface area contributed by atoms with Crippen molar-refractivity contribution in [3.63, 3.8) is 0 Å². The Morgan fingerprint density at radius 2 is 1.79 bits per heavy atom. The van der Waals surface area contributed by atoms with Crippen LogP contribution in [0.3, 0.4) is 0 Å². The van der Waals surface area contributed by atoms with Gasteiger partial charge in [-0.25, -0.2) is 9.38 Å². The fraction of sp³-hybridized carbons (Fsp3) is 0.600. The SMILES string of the molecule is CCNC(=NCc1ccc(N2CCOCC2)c(F)c1)N1CCN(C(C)=O)CC1.I. The molecule has 0 aromatic heterocycles.